The summed E-state index contributed by atoms with van der Waals surface area (Å²) < 4.78 is 1.96. The van der Waals surface area contributed by atoms with E-state index in [1.54, 1.807) is 0 Å². The highest BCUT2D eigenvalue weighted by atomic mass is 127. The molecule has 0 radical (unpaired) electrons. The normalized spacial score (nSPS) is 11.2. The van der Waals surface area contributed by atoms with Gasteiger partial charge in [-0.3, -0.25) is 4.40 Å². The molecule has 0 bridgehead atoms. The van der Waals surface area contributed by atoms with Gasteiger partial charge in [0.2, 0.25) is 0 Å². The van der Waals surface area contributed by atoms with Crippen molar-refractivity contribution in [2.24, 2.45) is 4.99 Å². The van der Waals surface area contributed by atoms with Crippen molar-refractivity contribution in [1.82, 2.24) is 25.2 Å². The Morgan fingerprint density at radius 1 is 1.08 bits per heavy atom. The summed E-state index contributed by atoms with van der Waals surface area (Å²) in [5.41, 5.74) is 3.44. The minimum atomic E-state index is 0. The van der Waals surface area contributed by atoms with E-state index in [4.69, 9.17) is 0 Å². The second-order valence-electron chi connectivity index (χ2n) is 5.90. The predicted octanol–water partition coefficient (Wildman–Crippen LogP) is 2.95. The number of pyridine rings is 1. The van der Waals surface area contributed by atoms with Gasteiger partial charge in [-0.05, 0) is 38.0 Å². The van der Waals surface area contributed by atoms with E-state index in [1.807, 2.05) is 28.8 Å². The van der Waals surface area contributed by atoms with Gasteiger partial charge in [-0.1, -0.05) is 35.9 Å². The second kappa shape index (κ2) is 10.1. The van der Waals surface area contributed by atoms with Gasteiger partial charge in [0.15, 0.2) is 17.4 Å². The van der Waals surface area contributed by atoms with Crippen LogP contribution in [0.3, 0.4) is 0 Å². The van der Waals surface area contributed by atoms with E-state index in [2.05, 4.69) is 63.9 Å². The minimum Gasteiger partial charge on any atom is -0.357 e. The number of rotatable bonds is 6. The Bertz CT molecular complexity index is 841. The summed E-state index contributed by atoms with van der Waals surface area (Å²) >= 11 is 0. The minimum absolute atomic E-state index is 0. The van der Waals surface area contributed by atoms with Gasteiger partial charge in [0.05, 0.1) is 0 Å². The van der Waals surface area contributed by atoms with Gasteiger partial charge in [0, 0.05) is 19.3 Å². The number of halogens is 1. The topological polar surface area (TPSA) is 66.6 Å². The third kappa shape index (κ3) is 5.42. The lowest BCUT2D eigenvalue weighted by Gasteiger charge is -2.11. The van der Waals surface area contributed by atoms with Crippen molar-refractivity contribution in [2.75, 3.05) is 13.1 Å². The second-order valence-corrected chi connectivity index (χ2v) is 5.90. The molecule has 0 spiro atoms. The molecule has 0 unspecified atom stereocenters. The molecule has 138 valence electrons. The molecule has 1 aromatic carbocycles. The summed E-state index contributed by atoms with van der Waals surface area (Å²) in [6.07, 6.45) is 2.91. The molecule has 2 aromatic heterocycles. The highest BCUT2D eigenvalue weighted by molar-refractivity contribution is 14.0. The Morgan fingerprint density at radius 2 is 1.88 bits per heavy atom. The molecular weight excluding hydrogens is 439 g/mol. The Morgan fingerprint density at radius 3 is 2.65 bits per heavy atom. The smallest absolute Gasteiger partial charge is 0.191 e. The molecule has 0 saturated heterocycles. The van der Waals surface area contributed by atoms with Crippen LogP contribution in [0.15, 0.2) is 53.7 Å². The van der Waals surface area contributed by atoms with Crippen molar-refractivity contribution in [2.45, 2.75) is 26.8 Å². The number of nitrogens with zero attached hydrogens (tertiary/aromatic N) is 4. The number of aromatic nitrogens is 3. The largest absolute Gasteiger partial charge is 0.357 e. The molecule has 3 aromatic rings. The molecule has 0 saturated carbocycles. The molecular formula is C19H25IN6. The molecule has 0 atom stereocenters. The van der Waals surface area contributed by atoms with Crippen molar-refractivity contribution in [3.05, 3.63) is 65.6 Å². The van der Waals surface area contributed by atoms with Crippen molar-refractivity contribution in [1.29, 1.82) is 0 Å². The van der Waals surface area contributed by atoms with Gasteiger partial charge in [-0.15, -0.1) is 34.2 Å². The van der Waals surface area contributed by atoms with Gasteiger partial charge in [-0.2, -0.15) is 0 Å². The van der Waals surface area contributed by atoms with Crippen LogP contribution in [0, 0.1) is 6.92 Å². The number of nitrogens with one attached hydrogen (secondary N) is 2. The maximum Gasteiger partial charge on any atom is 0.191 e. The van der Waals surface area contributed by atoms with Crippen LogP contribution in [0.2, 0.25) is 0 Å². The Labute approximate surface area is 171 Å². The van der Waals surface area contributed by atoms with Crippen LogP contribution in [-0.4, -0.2) is 33.6 Å². The van der Waals surface area contributed by atoms with E-state index < -0.39 is 0 Å². The monoisotopic (exact) mass is 464 g/mol. The maximum absolute atomic E-state index is 4.62. The van der Waals surface area contributed by atoms with Crippen molar-refractivity contribution in [3.8, 4) is 0 Å². The van der Waals surface area contributed by atoms with Crippen molar-refractivity contribution >= 4 is 35.6 Å². The molecule has 0 aliphatic heterocycles. The summed E-state index contributed by atoms with van der Waals surface area (Å²) in [7, 11) is 0. The zero-order valence-electron chi connectivity index (χ0n) is 15.1. The Balaban J connectivity index is 0.00000243. The first-order chi connectivity index (χ1) is 12.3. The lowest BCUT2D eigenvalue weighted by atomic mass is 10.1. The SMILES string of the molecule is CCNC(=NCc1nnc2ccccn12)NCCc1ccc(C)cc1.I. The zero-order chi connectivity index (χ0) is 17.5. The molecule has 0 aliphatic carbocycles. The lowest BCUT2D eigenvalue weighted by Crippen LogP contribution is -2.38. The van der Waals surface area contributed by atoms with E-state index in [1.165, 1.54) is 11.1 Å². The summed E-state index contributed by atoms with van der Waals surface area (Å²) in [6, 6.07) is 14.5. The molecule has 2 heterocycles. The lowest BCUT2D eigenvalue weighted by molar-refractivity contribution is 0.787. The van der Waals surface area contributed by atoms with Crippen molar-refractivity contribution in [3.63, 3.8) is 0 Å². The summed E-state index contributed by atoms with van der Waals surface area (Å²) in [5.74, 6) is 1.62. The third-order valence-corrected chi connectivity index (χ3v) is 3.93. The number of hydrogen-bond acceptors (Lipinski definition) is 3. The van der Waals surface area contributed by atoms with Crippen LogP contribution < -0.4 is 10.6 Å². The average Bonchev–Trinajstić information content (AvgIpc) is 3.04. The molecule has 26 heavy (non-hydrogen) atoms. The predicted molar refractivity (Wildman–Crippen MR) is 116 cm³/mol. The molecule has 6 nitrogen and oxygen atoms in total. The summed E-state index contributed by atoms with van der Waals surface area (Å²) in [4.78, 5) is 4.62. The Hall–Kier alpha value is -2.16. The first-order valence-electron chi connectivity index (χ1n) is 8.62. The number of aliphatic imine (C=N–C) groups is 1. The molecule has 0 aliphatic rings. The maximum atomic E-state index is 4.62. The quantitative estimate of drug-likeness (QED) is 0.335. The number of benzene rings is 1. The first kappa shape index (κ1) is 20.2. The van der Waals surface area contributed by atoms with E-state index >= 15 is 0 Å². The van der Waals surface area contributed by atoms with Gasteiger partial charge >= 0.3 is 0 Å². The molecule has 0 fully saturated rings. The van der Waals surface area contributed by atoms with E-state index in [-0.39, 0.29) is 24.0 Å². The van der Waals surface area contributed by atoms with Crippen LogP contribution >= 0.6 is 24.0 Å². The number of guanidine groups is 1. The number of aryl methyl sites for hydroxylation is 1. The van der Waals surface area contributed by atoms with Crippen LogP contribution in [0.25, 0.3) is 5.65 Å². The van der Waals surface area contributed by atoms with Gasteiger partial charge in [-0.25, -0.2) is 4.99 Å². The number of fused-ring (bicyclic) bond motifs is 1. The fraction of sp³-hybridized carbons (Fsp3) is 0.316. The van der Waals surface area contributed by atoms with Crippen LogP contribution in [0.1, 0.15) is 23.9 Å². The van der Waals surface area contributed by atoms with Crippen molar-refractivity contribution < 1.29 is 0 Å². The van der Waals surface area contributed by atoms with Gasteiger partial charge in [0.1, 0.15) is 6.54 Å². The highest BCUT2D eigenvalue weighted by Gasteiger charge is 2.04. The summed E-state index contributed by atoms with van der Waals surface area (Å²) in [5, 5.41) is 15.0. The first-order valence-corrected chi connectivity index (χ1v) is 8.62. The average molecular weight is 464 g/mol. The molecule has 7 heteroatoms. The molecule has 2 N–H and O–H groups in total. The fourth-order valence-electron chi connectivity index (χ4n) is 2.57. The highest BCUT2D eigenvalue weighted by Crippen LogP contribution is 2.04. The van der Waals surface area contributed by atoms with Crippen LogP contribution in [-0.2, 0) is 13.0 Å². The van der Waals surface area contributed by atoms with E-state index in [0.29, 0.717) is 6.54 Å². The standard InChI is InChI=1S/C19H24N6.HI/c1-3-20-19(21-12-11-16-9-7-15(2)8-10-16)22-14-18-24-23-17-6-4-5-13-25(17)18;/h4-10,13H,3,11-12,14H2,1-2H3,(H2,20,21,22);1H. The fourth-order valence-corrected chi connectivity index (χ4v) is 2.57. The number of hydrogen-bond donors (Lipinski definition) is 2. The molecule has 3 rings (SSSR count). The third-order valence-electron chi connectivity index (χ3n) is 3.93. The van der Waals surface area contributed by atoms with Crippen LogP contribution in [0.5, 0.6) is 0 Å². The Kier molecular flexibility index (Phi) is 7.83. The molecule has 0 amide bonds. The zero-order valence-corrected chi connectivity index (χ0v) is 17.5. The summed E-state index contributed by atoms with van der Waals surface area (Å²) in [6.45, 7) is 6.28. The van der Waals surface area contributed by atoms with E-state index in [9.17, 15) is 0 Å². The van der Waals surface area contributed by atoms with Gasteiger partial charge in [0.25, 0.3) is 0 Å². The van der Waals surface area contributed by atoms with Crippen LogP contribution in [0.4, 0.5) is 0 Å². The van der Waals surface area contributed by atoms with Gasteiger partial charge < -0.3 is 10.6 Å². The van der Waals surface area contributed by atoms with E-state index in [0.717, 1.165) is 36.9 Å².